The van der Waals surface area contributed by atoms with Crippen LogP contribution in [-0.4, -0.2) is 28.8 Å². The number of carbonyl (C=O) groups is 1. The first-order chi connectivity index (χ1) is 16.7. The lowest BCUT2D eigenvalue weighted by Gasteiger charge is -2.10. The van der Waals surface area contributed by atoms with Gasteiger partial charge in [0.15, 0.2) is 0 Å². The number of rotatable bonds is 8. The molecule has 180 valence electrons. The Labute approximate surface area is 201 Å². The number of nitro groups is 1. The van der Waals surface area contributed by atoms with Crippen LogP contribution in [-0.2, 0) is 23.1 Å². The summed E-state index contributed by atoms with van der Waals surface area (Å²) in [6.45, 7) is 4.49. The van der Waals surface area contributed by atoms with Crippen molar-refractivity contribution in [2.24, 2.45) is 0 Å². The van der Waals surface area contributed by atoms with Gasteiger partial charge in [-0.05, 0) is 56.3 Å². The third kappa shape index (κ3) is 4.99. The van der Waals surface area contributed by atoms with Crippen molar-refractivity contribution in [2.75, 3.05) is 4.72 Å². The van der Waals surface area contributed by atoms with Crippen molar-refractivity contribution in [2.45, 2.75) is 31.8 Å². The molecule has 0 saturated heterocycles. The average molecular weight is 494 g/mol. The van der Waals surface area contributed by atoms with Crippen LogP contribution in [0.4, 0.5) is 11.4 Å². The molecule has 4 aromatic rings. The van der Waals surface area contributed by atoms with Crippen LogP contribution in [0.1, 0.15) is 28.7 Å². The van der Waals surface area contributed by atoms with Crippen LogP contribution < -0.4 is 10.0 Å². The number of aromatic nitrogens is 2. The summed E-state index contributed by atoms with van der Waals surface area (Å²) >= 11 is 0. The monoisotopic (exact) mass is 493 g/mol. The molecule has 0 aliphatic heterocycles. The predicted octanol–water partition coefficient (Wildman–Crippen LogP) is 4.00. The van der Waals surface area contributed by atoms with Crippen molar-refractivity contribution < 1.29 is 18.1 Å². The number of imidazole rings is 1. The maximum atomic E-state index is 12.7. The first-order valence-corrected chi connectivity index (χ1v) is 12.3. The number of para-hydroxylation sites is 2. The normalized spacial score (nSPS) is 11.4. The van der Waals surface area contributed by atoms with Gasteiger partial charge in [-0.25, -0.2) is 13.4 Å². The molecule has 0 bridgehead atoms. The number of fused-ring (bicyclic) bond motifs is 1. The zero-order chi connectivity index (χ0) is 25.2. The summed E-state index contributed by atoms with van der Waals surface area (Å²) < 4.78 is 29.8. The van der Waals surface area contributed by atoms with Crippen LogP contribution in [0.5, 0.6) is 0 Å². The molecule has 1 amide bonds. The van der Waals surface area contributed by atoms with E-state index in [9.17, 15) is 23.3 Å². The van der Waals surface area contributed by atoms with Gasteiger partial charge in [0.2, 0.25) is 0 Å². The van der Waals surface area contributed by atoms with Crippen LogP contribution in [0.15, 0.2) is 71.6 Å². The van der Waals surface area contributed by atoms with E-state index in [1.54, 1.807) is 0 Å². The number of carbonyl (C=O) groups excluding carboxylic acids is 1. The van der Waals surface area contributed by atoms with E-state index in [-0.39, 0.29) is 28.7 Å². The molecule has 0 unspecified atom stereocenters. The maximum absolute atomic E-state index is 12.7. The lowest BCUT2D eigenvalue weighted by molar-refractivity contribution is -0.385. The largest absolute Gasteiger partial charge is 0.345 e. The molecule has 1 heterocycles. The molecule has 35 heavy (non-hydrogen) atoms. The Kier molecular flexibility index (Phi) is 6.52. The molecule has 10 nitrogen and oxygen atoms in total. The van der Waals surface area contributed by atoms with Crippen molar-refractivity contribution in [3.05, 3.63) is 93.8 Å². The Morgan fingerprint density at radius 3 is 2.49 bits per heavy atom. The number of aryl methyl sites for hydroxylation is 2. The Hall–Kier alpha value is -4.25. The molecule has 0 atom stereocenters. The maximum Gasteiger partial charge on any atom is 0.273 e. The molecule has 0 aliphatic carbocycles. The van der Waals surface area contributed by atoms with Crippen LogP contribution in [0.25, 0.3) is 11.0 Å². The van der Waals surface area contributed by atoms with E-state index < -0.39 is 14.9 Å². The molecule has 0 saturated carbocycles. The fraction of sp³-hybridized carbons (Fsp3) is 0.167. The minimum Gasteiger partial charge on any atom is -0.345 e. The van der Waals surface area contributed by atoms with Crippen molar-refractivity contribution in [3.63, 3.8) is 0 Å². The number of nitrogens with one attached hydrogen (secondary N) is 2. The minimum atomic E-state index is -4.05. The smallest absolute Gasteiger partial charge is 0.273 e. The van der Waals surface area contributed by atoms with Crippen molar-refractivity contribution in [1.29, 1.82) is 0 Å². The zero-order valence-corrected chi connectivity index (χ0v) is 19.9. The SMILES string of the molecule is CCn1c(CNC(=O)c2ccc(NS(=O)(=O)c3ccc(C)c([N+](=O)[O-])c3)cc2)nc2ccccc21. The number of nitro benzene ring substituents is 1. The summed E-state index contributed by atoms with van der Waals surface area (Å²) in [4.78, 5) is 27.5. The van der Waals surface area contributed by atoms with E-state index in [0.717, 1.165) is 22.9 Å². The quantitative estimate of drug-likeness (QED) is 0.281. The number of anilines is 1. The number of nitrogens with zero attached hydrogens (tertiary/aromatic N) is 3. The highest BCUT2D eigenvalue weighted by Crippen LogP contribution is 2.24. The van der Waals surface area contributed by atoms with Gasteiger partial charge >= 0.3 is 0 Å². The number of hydrogen-bond donors (Lipinski definition) is 2. The van der Waals surface area contributed by atoms with Crippen LogP contribution >= 0.6 is 0 Å². The molecule has 11 heteroatoms. The number of sulfonamides is 1. The third-order valence-electron chi connectivity index (χ3n) is 5.54. The molecule has 0 radical (unpaired) electrons. The van der Waals surface area contributed by atoms with Gasteiger partial charge in [0.05, 0.1) is 27.4 Å². The number of benzene rings is 3. The van der Waals surface area contributed by atoms with E-state index in [2.05, 4.69) is 15.0 Å². The van der Waals surface area contributed by atoms with E-state index >= 15 is 0 Å². The fourth-order valence-electron chi connectivity index (χ4n) is 3.73. The topological polar surface area (TPSA) is 136 Å². The summed E-state index contributed by atoms with van der Waals surface area (Å²) in [6.07, 6.45) is 0. The van der Waals surface area contributed by atoms with Gasteiger partial charge in [-0.15, -0.1) is 0 Å². The zero-order valence-electron chi connectivity index (χ0n) is 19.1. The Bertz CT molecular complexity index is 1530. The molecule has 0 spiro atoms. The summed E-state index contributed by atoms with van der Waals surface area (Å²) in [7, 11) is -4.05. The van der Waals surface area contributed by atoms with E-state index in [1.807, 2.05) is 35.8 Å². The summed E-state index contributed by atoms with van der Waals surface area (Å²) in [5.41, 5.74) is 2.50. The second kappa shape index (κ2) is 9.55. The fourth-order valence-corrected chi connectivity index (χ4v) is 4.81. The number of amides is 1. The van der Waals surface area contributed by atoms with Gasteiger partial charge < -0.3 is 9.88 Å². The van der Waals surface area contributed by atoms with E-state index in [1.165, 1.54) is 43.3 Å². The average Bonchev–Trinajstić information content (AvgIpc) is 3.20. The van der Waals surface area contributed by atoms with Crippen LogP contribution in [0.2, 0.25) is 0 Å². The minimum absolute atomic E-state index is 0.220. The van der Waals surface area contributed by atoms with Crippen molar-refractivity contribution in [1.82, 2.24) is 14.9 Å². The highest BCUT2D eigenvalue weighted by molar-refractivity contribution is 7.92. The second-order valence-electron chi connectivity index (χ2n) is 7.83. The summed E-state index contributed by atoms with van der Waals surface area (Å²) in [5.74, 6) is 0.405. The van der Waals surface area contributed by atoms with Gasteiger partial charge in [0.1, 0.15) is 5.82 Å². The Balaban J connectivity index is 1.45. The van der Waals surface area contributed by atoms with E-state index in [0.29, 0.717) is 17.7 Å². The highest BCUT2D eigenvalue weighted by Gasteiger charge is 2.20. The third-order valence-corrected chi connectivity index (χ3v) is 6.92. The van der Waals surface area contributed by atoms with Gasteiger partial charge in [-0.3, -0.25) is 19.6 Å². The van der Waals surface area contributed by atoms with Crippen molar-refractivity contribution >= 4 is 38.3 Å². The molecule has 4 rings (SSSR count). The molecular weight excluding hydrogens is 470 g/mol. The molecule has 3 aromatic carbocycles. The predicted molar refractivity (Wildman–Crippen MR) is 132 cm³/mol. The van der Waals surface area contributed by atoms with Crippen LogP contribution in [0, 0.1) is 17.0 Å². The second-order valence-corrected chi connectivity index (χ2v) is 9.51. The first kappa shape index (κ1) is 23.9. The lowest BCUT2D eigenvalue weighted by atomic mass is 10.2. The first-order valence-electron chi connectivity index (χ1n) is 10.8. The standard InChI is InChI=1S/C24H23N5O5S/c1-3-28-21-7-5-4-6-20(21)26-23(28)15-25-24(30)17-9-11-18(12-10-17)27-35(33,34)19-13-8-16(2)22(14-19)29(31)32/h4-14,27H,3,15H2,1-2H3,(H,25,30). The Morgan fingerprint density at radius 2 is 1.80 bits per heavy atom. The lowest BCUT2D eigenvalue weighted by Crippen LogP contribution is -2.24. The van der Waals surface area contributed by atoms with E-state index in [4.69, 9.17) is 0 Å². The van der Waals surface area contributed by atoms with Gasteiger partial charge in [0, 0.05) is 29.4 Å². The van der Waals surface area contributed by atoms with Crippen LogP contribution in [0.3, 0.4) is 0 Å². The molecule has 2 N–H and O–H groups in total. The molecule has 0 fully saturated rings. The Morgan fingerprint density at radius 1 is 1.09 bits per heavy atom. The van der Waals surface area contributed by atoms with Gasteiger partial charge in [0.25, 0.3) is 21.6 Å². The number of hydrogen-bond acceptors (Lipinski definition) is 6. The summed E-state index contributed by atoms with van der Waals surface area (Å²) in [6, 6.07) is 17.3. The highest BCUT2D eigenvalue weighted by atomic mass is 32.2. The van der Waals surface area contributed by atoms with Gasteiger partial charge in [-0.1, -0.05) is 18.2 Å². The van der Waals surface area contributed by atoms with Gasteiger partial charge in [-0.2, -0.15) is 0 Å². The summed E-state index contributed by atoms with van der Waals surface area (Å²) in [5, 5.41) is 14.0. The molecule has 0 aliphatic rings. The molecular formula is C24H23N5O5S. The molecule has 1 aromatic heterocycles. The van der Waals surface area contributed by atoms with Crippen molar-refractivity contribution in [3.8, 4) is 0 Å².